The number of hydrogen-bond donors (Lipinski definition) is 2. The van der Waals surface area contributed by atoms with Crippen LogP contribution >= 0.6 is 12.2 Å². The van der Waals surface area contributed by atoms with E-state index in [9.17, 15) is 8.42 Å². The molecule has 0 saturated heterocycles. The molecule has 106 valence electrons. The normalized spacial score (nSPS) is 11.4. The molecule has 19 heavy (non-hydrogen) atoms. The summed E-state index contributed by atoms with van der Waals surface area (Å²) < 4.78 is 30.7. The van der Waals surface area contributed by atoms with Crippen LogP contribution < -0.4 is 10.5 Å². The van der Waals surface area contributed by atoms with Crippen molar-refractivity contribution in [1.82, 2.24) is 4.72 Å². The average Bonchev–Trinajstić information content (AvgIpc) is 2.37. The highest BCUT2D eigenvalue weighted by Crippen LogP contribution is 2.05. The molecule has 1 rings (SSSR count). The SMILES string of the molecule is COCCCS(=O)(=O)NCc1cccc(C(N)=S)c1. The van der Waals surface area contributed by atoms with Crippen molar-refractivity contribution in [1.29, 1.82) is 0 Å². The summed E-state index contributed by atoms with van der Waals surface area (Å²) in [7, 11) is -1.74. The fraction of sp³-hybridized carbons (Fsp3) is 0.417. The number of hydrogen-bond acceptors (Lipinski definition) is 4. The summed E-state index contributed by atoms with van der Waals surface area (Å²) in [4.78, 5) is 0.296. The van der Waals surface area contributed by atoms with E-state index < -0.39 is 10.0 Å². The van der Waals surface area contributed by atoms with Crippen molar-refractivity contribution in [3.05, 3.63) is 35.4 Å². The lowest BCUT2D eigenvalue weighted by Gasteiger charge is -2.07. The van der Waals surface area contributed by atoms with Crippen molar-refractivity contribution in [3.63, 3.8) is 0 Å². The first-order valence-corrected chi connectivity index (χ1v) is 7.85. The highest BCUT2D eigenvalue weighted by Gasteiger charge is 2.09. The second-order valence-corrected chi connectivity index (χ2v) is 6.42. The molecular formula is C12H18N2O3S2. The molecule has 0 saturated carbocycles. The van der Waals surface area contributed by atoms with E-state index in [-0.39, 0.29) is 12.3 Å². The Hall–Kier alpha value is -1.02. The second kappa shape index (κ2) is 7.54. The van der Waals surface area contributed by atoms with Crippen molar-refractivity contribution in [2.75, 3.05) is 19.5 Å². The molecule has 0 spiro atoms. The number of sulfonamides is 1. The number of rotatable bonds is 8. The molecule has 5 nitrogen and oxygen atoms in total. The summed E-state index contributed by atoms with van der Waals surface area (Å²) in [6.07, 6.45) is 0.471. The van der Waals surface area contributed by atoms with Gasteiger partial charge in [-0.05, 0) is 18.1 Å². The summed E-state index contributed by atoms with van der Waals surface area (Å²) in [5.74, 6) is 0.0514. The Bertz CT molecular complexity index is 530. The van der Waals surface area contributed by atoms with Crippen LogP contribution in [0, 0.1) is 0 Å². The Labute approximate surface area is 119 Å². The van der Waals surface area contributed by atoms with E-state index >= 15 is 0 Å². The van der Waals surface area contributed by atoms with Crippen LogP contribution in [0.15, 0.2) is 24.3 Å². The third-order valence-corrected chi connectivity index (χ3v) is 4.12. The summed E-state index contributed by atoms with van der Waals surface area (Å²) in [5, 5.41) is 0. The lowest BCUT2D eigenvalue weighted by atomic mass is 10.1. The summed E-state index contributed by atoms with van der Waals surface area (Å²) in [6, 6.07) is 7.18. The topological polar surface area (TPSA) is 81.4 Å². The first-order chi connectivity index (χ1) is 8.94. The molecule has 7 heteroatoms. The molecule has 0 amide bonds. The van der Waals surface area contributed by atoms with E-state index in [0.717, 1.165) is 11.1 Å². The average molecular weight is 302 g/mol. The van der Waals surface area contributed by atoms with Crippen LogP contribution in [0.2, 0.25) is 0 Å². The Morgan fingerprint density at radius 2 is 2.21 bits per heavy atom. The van der Waals surface area contributed by atoms with Crippen LogP contribution in [0.25, 0.3) is 0 Å². The summed E-state index contributed by atoms with van der Waals surface area (Å²) in [5.41, 5.74) is 7.07. The number of methoxy groups -OCH3 is 1. The van der Waals surface area contributed by atoms with Gasteiger partial charge in [0.25, 0.3) is 0 Å². The zero-order chi connectivity index (χ0) is 14.3. The van der Waals surface area contributed by atoms with E-state index in [1.807, 2.05) is 6.07 Å². The molecule has 0 aliphatic carbocycles. The molecule has 0 fully saturated rings. The standard InChI is InChI=1S/C12H18N2O3S2/c1-17-6-3-7-19(15,16)14-9-10-4-2-5-11(8-10)12(13)18/h2,4-5,8,14H,3,6-7,9H2,1H3,(H2,13,18). The minimum Gasteiger partial charge on any atom is -0.389 e. The fourth-order valence-corrected chi connectivity index (χ4v) is 2.65. The third kappa shape index (κ3) is 6.11. The molecule has 1 aromatic carbocycles. The maximum absolute atomic E-state index is 11.7. The van der Waals surface area contributed by atoms with E-state index in [2.05, 4.69) is 4.72 Å². The van der Waals surface area contributed by atoms with Crippen molar-refractivity contribution in [3.8, 4) is 0 Å². The number of thiocarbonyl (C=S) groups is 1. The van der Waals surface area contributed by atoms with Gasteiger partial charge in [-0.1, -0.05) is 30.4 Å². The van der Waals surface area contributed by atoms with Crippen molar-refractivity contribution in [2.24, 2.45) is 5.73 Å². The van der Waals surface area contributed by atoms with Crippen molar-refractivity contribution in [2.45, 2.75) is 13.0 Å². The number of nitrogens with one attached hydrogen (secondary N) is 1. The largest absolute Gasteiger partial charge is 0.389 e. The van der Waals surface area contributed by atoms with Gasteiger partial charge in [0.15, 0.2) is 0 Å². The predicted octanol–water partition coefficient (Wildman–Crippen LogP) is 0.777. The number of nitrogens with two attached hydrogens (primary N) is 1. The van der Waals surface area contributed by atoms with Gasteiger partial charge in [-0.2, -0.15) is 0 Å². The Balaban J connectivity index is 2.56. The van der Waals surface area contributed by atoms with Gasteiger partial charge in [0.05, 0.1) is 5.75 Å². The van der Waals surface area contributed by atoms with Gasteiger partial charge in [0, 0.05) is 25.8 Å². The smallest absolute Gasteiger partial charge is 0.211 e. The van der Waals surface area contributed by atoms with Gasteiger partial charge in [-0.3, -0.25) is 0 Å². The van der Waals surface area contributed by atoms with Crippen LogP contribution in [0.3, 0.4) is 0 Å². The third-order valence-electron chi connectivity index (χ3n) is 2.47. The summed E-state index contributed by atoms with van der Waals surface area (Å²) in [6.45, 7) is 0.656. The number of ether oxygens (including phenoxy) is 1. The first-order valence-electron chi connectivity index (χ1n) is 5.79. The van der Waals surface area contributed by atoms with Gasteiger partial charge < -0.3 is 10.5 Å². The lowest BCUT2D eigenvalue weighted by molar-refractivity contribution is 0.199. The van der Waals surface area contributed by atoms with E-state index in [1.54, 1.807) is 25.3 Å². The van der Waals surface area contributed by atoms with Gasteiger partial charge in [-0.15, -0.1) is 0 Å². The Morgan fingerprint density at radius 3 is 2.84 bits per heavy atom. The Morgan fingerprint density at radius 1 is 1.47 bits per heavy atom. The Kier molecular flexibility index (Phi) is 6.36. The molecular weight excluding hydrogens is 284 g/mol. The minimum absolute atomic E-state index is 0.0514. The van der Waals surface area contributed by atoms with Gasteiger partial charge in [0.1, 0.15) is 4.99 Å². The van der Waals surface area contributed by atoms with Crippen LogP contribution in [0.4, 0.5) is 0 Å². The molecule has 3 N–H and O–H groups in total. The zero-order valence-electron chi connectivity index (χ0n) is 10.8. The zero-order valence-corrected chi connectivity index (χ0v) is 12.4. The molecule has 1 aromatic rings. The molecule has 0 atom stereocenters. The molecule has 0 unspecified atom stereocenters. The van der Waals surface area contributed by atoms with E-state index in [1.165, 1.54) is 0 Å². The van der Waals surface area contributed by atoms with Crippen molar-refractivity contribution >= 4 is 27.2 Å². The first kappa shape index (κ1) is 16.0. The predicted molar refractivity (Wildman–Crippen MR) is 79.4 cm³/mol. The second-order valence-electron chi connectivity index (χ2n) is 4.05. The van der Waals surface area contributed by atoms with Crippen LogP contribution in [-0.4, -0.2) is 32.9 Å². The van der Waals surface area contributed by atoms with Crippen LogP contribution in [0.1, 0.15) is 17.5 Å². The van der Waals surface area contributed by atoms with E-state index in [0.29, 0.717) is 18.0 Å². The lowest BCUT2D eigenvalue weighted by Crippen LogP contribution is -2.26. The molecule has 0 radical (unpaired) electrons. The van der Waals surface area contributed by atoms with Crippen molar-refractivity contribution < 1.29 is 13.2 Å². The quantitative estimate of drug-likeness (QED) is 0.548. The molecule has 0 aromatic heterocycles. The fourth-order valence-electron chi connectivity index (χ4n) is 1.49. The maximum Gasteiger partial charge on any atom is 0.211 e. The van der Waals surface area contributed by atoms with Gasteiger partial charge in [-0.25, -0.2) is 13.1 Å². The highest BCUT2D eigenvalue weighted by molar-refractivity contribution is 7.89. The highest BCUT2D eigenvalue weighted by atomic mass is 32.2. The molecule has 0 heterocycles. The summed E-state index contributed by atoms with van der Waals surface area (Å²) >= 11 is 4.88. The molecule has 0 aliphatic rings. The molecule has 0 aliphatic heterocycles. The monoisotopic (exact) mass is 302 g/mol. The molecule has 0 bridgehead atoms. The van der Waals surface area contributed by atoms with E-state index in [4.69, 9.17) is 22.7 Å². The minimum atomic E-state index is -3.28. The number of benzene rings is 1. The van der Waals surface area contributed by atoms with Crippen LogP contribution in [0.5, 0.6) is 0 Å². The van der Waals surface area contributed by atoms with Gasteiger partial charge in [0.2, 0.25) is 10.0 Å². The van der Waals surface area contributed by atoms with Gasteiger partial charge >= 0.3 is 0 Å². The maximum atomic E-state index is 11.7. The van der Waals surface area contributed by atoms with Crippen LogP contribution in [-0.2, 0) is 21.3 Å².